The molecule has 0 amide bonds. The van der Waals surface area contributed by atoms with Gasteiger partial charge in [0, 0.05) is 18.6 Å². The largest absolute Gasteiger partial charge is 0.310 e. The van der Waals surface area contributed by atoms with Gasteiger partial charge in [-0.15, -0.1) is 0 Å². The van der Waals surface area contributed by atoms with Crippen molar-refractivity contribution in [3.63, 3.8) is 0 Å². The van der Waals surface area contributed by atoms with Crippen molar-refractivity contribution in [2.24, 2.45) is 5.92 Å². The molecule has 3 fully saturated rings. The Morgan fingerprint density at radius 2 is 1.76 bits per heavy atom. The van der Waals surface area contributed by atoms with Gasteiger partial charge in [-0.3, -0.25) is 0 Å². The minimum Gasteiger partial charge on any atom is -0.310 e. The molecule has 1 N–H and O–H groups in total. The molecule has 0 radical (unpaired) electrons. The molecule has 0 aromatic rings. The maximum atomic E-state index is 3.84. The molecule has 3 heterocycles. The summed E-state index contributed by atoms with van der Waals surface area (Å²) in [7, 11) is 0. The zero-order chi connectivity index (χ0) is 14.5. The highest BCUT2D eigenvalue weighted by Gasteiger charge is 2.35. The Morgan fingerprint density at radius 3 is 2.38 bits per heavy atom. The van der Waals surface area contributed by atoms with Crippen LogP contribution in [0.15, 0.2) is 0 Å². The number of rotatable bonds is 6. The number of piperidine rings is 1. The van der Waals surface area contributed by atoms with E-state index in [9.17, 15) is 0 Å². The molecule has 3 aliphatic rings. The van der Waals surface area contributed by atoms with Gasteiger partial charge in [-0.1, -0.05) is 13.3 Å². The minimum absolute atomic E-state index is 0.455. The first kappa shape index (κ1) is 15.8. The predicted molar refractivity (Wildman–Crippen MR) is 89.7 cm³/mol. The lowest BCUT2D eigenvalue weighted by molar-refractivity contribution is 0.119. The third-order valence-corrected chi connectivity index (χ3v) is 6.01. The average molecular weight is 293 g/mol. The van der Waals surface area contributed by atoms with E-state index in [1.807, 2.05) is 0 Å². The standard InChI is InChI=1S/C18H35N3/c1-2-8-18(9-5-10-19-18)16-21-13-6-17(7-14-21)15-20-11-3-4-12-20/h17,19H,2-16H2,1H3. The minimum atomic E-state index is 0.455. The summed E-state index contributed by atoms with van der Waals surface area (Å²) in [5.41, 5.74) is 0.455. The summed E-state index contributed by atoms with van der Waals surface area (Å²) in [5, 5.41) is 3.84. The second-order valence-corrected chi connectivity index (χ2v) is 7.79. The Morgan fingerprint density at radius 1 is 1.00 bits per heavy atom. The van der Waals surface area contributed by atoms with Crippen molar-refractivity contribution in [2.45, 2.75) is 63.8 Å². The number of hydrogen-bond acceptors (Lipinski definition) is 3. The molecule has 0 aliphatic carbocycles. The fraction of sp³-hybridized carbons (Fsp3) is 1.00. The van der Waals surface area contributed by atoms with Crippen LogP contribution in [0.2, 0.25) is 0 Å². The molecule has 0 spiro atoms. The highest BCUT2D eigenvalue weighted by atomic mass is 15.2. The molecular formula is C18H35N3. The van der Waals surface area contributed by atoms with E-state index in [1.54, 1.807) is 0 Å². The first-order valence-corrected chi connectivity index (χ1v) is 9.49. The lowest BCUT2D eigenvalue weighted by Crippen LogP contribution is -2.52. The molecular weight excluding hydrogens is 258 g/mol. The molecule has 0 bridgehead atoms. The van der Waals surface area contributed by atoms with E-state index in [2.05, 4.69) is 22.0 Å². The molecule has 0 saturated carbocycles. The molecule has 122 valence electrons. The molecule has 3 rings (SSSR count). The molecule has 21 heavy (non-hydrogen) atoms. The summed E-state index contributed by atoms with van der Waals surface area (Å²) in [6.07, 6.45) is 11.2. The average Bonchev–Trinajstić information content (AvgIpc) is 3.14. The van der Waals surface area contributed by atoms with Crippen LogP contribution in [-0.4, -0.2) is 61.2 Å². The maximum Gasteiger partial charge on any atom is 0.0309 e. The van der Waals surface area contributed by atoms with Gasteiger partial charge in [0.25, 0.3) is 0 Å². The van der Waals surface area contributed by atoms with Crippen LogP contribution >= 0.6 is 0 Å². The van der Waals surface area contributed by atoms with Crippen LogP contribution in [0.4, 0.5) is 0 Å². The van der Waals surface area contributed by atoms with Crippen molar-refractivity contribution in [3.8, 4) is 0 Å². The topological polar surface area (TPSA) is 18.5 Å². The lowest BCUT2D eigenvalue weighted by Gasteiger charge is -2.40. The Bertz CT molecular complexity index is 298. The Labute approximate surface area is 131 Å². The highest BCUT2D eigenvalue weighted by Crippen LogP contribution is 2.28. The van der Waals surface area contributed by atoms with Crippen LogP contribution in [-0.2, 0) is 0 Å². The number of nitrogens with zero attached hydrogens (tertiary/aromatic N) is 2. The van der Waals surface area contributed by atoms with Crippen LogP contribution in [0.25, 0.3) is 0 Å². The van der Waals surface area contributed by atoms with Crippen LogP contribution in [0.1, 0.15) is 58.3 Å². The summed E-state index contributed by atoms with van der Waals surface area (Å²) < 4.78 is 0. The molecule has 3 saturated heterocycles. The van der Waals surface area contributed by atoms with Crippen molar-refractivity contribution in [1.29, 1.82) is 0 Å². The summed E-state index contributed by atoms with van der Waals surface area (Å²) in [4.78, 5) is 5.46. The SMILES string of the molecule is CCCC1(CN2CCC(CN3CCCC3)CC2)CCCN1. The summed E-state index contributed by atoms with van der Waals surface area (Å²) in [5.74, 6) is 0.970. The van der Waals surface area contributed by atoms with E-state index in [0.29, 0.717) is 5.54 Å². The summed E-state index contributed by atoms with van der Waals surface area (Å²) >= 11 is 0. The maximum absolute atomic E-state index is 3.84. The molecule has 0 aromatic heterocycles. The third kappa shape index (κ3) is 4.20. The van der Waals surface area contributed by atoms with Crippen molar-refractivity contribution in [1.82, 2.24) is 15.1 Å². The van der Waals surface area contributed by atoms with E-state index in [1.165, 1.54) is 97.2 Å². The Balaban J connectivity index is 1.42. The number of hydrogen-bond donors (Lipinski definition) is 1. The van der Waals surface area contributed by atoms with Gasteiger partial charge in [-0.05, 0) is 83.6 Å². The fourth-order valence-electron chi connectivity index (χ4n) is 4.86. The fourth-order valence-corrected chi connectivity index (χ4v) is 4.86. The van der Waals surface area contributed by atoms with Gasteiger partial charge in [0.1, 0.15) is 0 Å². The molecule has 3 heteroatoms. The molecule has 3 aliphatic heterocycles. The van der Waals surface area contributed by atoms with Crippen molar-refractivity contribution < 1.29 is 0 Å². The zero-order valence-corrected chi connectivity index (χ0v) is 14.1. The lowest BCUT2D eigenvalue weighted by atomic mass is 9.89. The second-order valence-electron chi connectivity index (χ2n) is 7.79. The van der Waals surface area contributed by atoms with Gasteiger partial charge in [0.05, 0.1) is 0 Å². The monoisotopic (exact) mass is 293 g/mol. The molecule has 1 unspecified atom stereocenters. The molecule has 1 atom stereocenters. The van der Waals surface area contributed by atoms with Crippen molar-refractivity contribution in [3.05, 3.63) is 0 Å². The van der Waals surface area contributed by atoms with E-state index >= 15 is 0 Å². The zero-order valence-electron chi connectivity index (χ0n) is 14.1. The van der Waals surface area contributed by atoms with Gasteiger partial charge < -0.3 is 15.1 Å². The molecule has 0 aromatic carbocycles. The van der Waals surface area contributed by atoms with Gasteiger partial charge in [0.2, 0.25) is 0 Å². The normalized spacial score (nSPS) is 33.0. The van der Waals surface area contributed by atoms with E-state index in [-0.39, 0.29) is 0 Å². The van der Waals surface area contributed by atoms with Crippen LogP contribution in [0.5, 0.6) is 0 Å². The second kappa shape index (κ2) is 7.43. The van der Waals surface area contributed by atoms with Crippen molar-refractivity contribution in [2.75, 3.05) is 45.8 Å². The van der Waals surface area contributed by atoms with Crippen molar-refractivity contribution >= 4 is 0 Å². The van der Waals surface area contributed by atoms with E-state index < -0.39 is 0 Å². The van der Waals surface area contributed by atoms with Crippen LogP contribution < -0.4 is 5.32 Å². The van der Waals surface area contributed by atoms with E-state index in [4.69, 9.17) is 0 Å². The van der Waals surface area contributed by atoms with Gasteiger partial charge in [-0.25, -0.2) is 0 Å². The summed E-state index contributed by atoms with van der Waals surface area (Å²) in [6.45, 7) is 11.7. The number of nitrogens with one attached hydrogen (secondary N) is 1. The Hall–Kier alpha value is -0.120. The quantitative estimate of drug-likeness (QED) is 0.812. The summed E-state index contributed by atoms with van der Waals surface area (Å²) in [6, 6.07) is 0. The predicted octanol–water partition coefficient (Wildman–Crippen LogP) is 2.72. The van der Waals surface area contributed by atoms with Gasteiger partial charge in [0.15, 0.2) is 0 Å². The number of likely N-dealkylation sites (tertiary alicyclic amines) is 2. The van der Waals surface area contributed by atoms with Crippen LogP contribution in [0.3, 0.4) is 0 Å². The van der Waals surface area contributed by atoms with E-state index in [0.717, 1.165) is 5.92 Å². The first-order chi connectivity index (χ1) is 10.3. The highest BCUT2D eigenvalue weighted by molar-refractivity contribution is 4.96. The molecule has 3 nitrogen and oxygen atoms in total. The Kier molecular flexibility index (Phi) is 5.58. The van der Waals surface area contributed by atoms with Gasteiger partial charge in [-0.2, -0.15) is 0 Å². The first-order valence-electron chi connectivity index (χ1n) is 9.49. The van der Waals surface area contributed by atoms with Gasteiger partial charge >= 0.3 is 0 Å². The smallest absolute Gasteiger partial charge is 0.0309 e. The van der Waals surface area contributed by atoms with Crippen LogP contribution in [0, 0.1) is 5.92 Å². The third-order valence-electron chi connectivity index (χ3n) is 6.01.